The highest BCUT2D eigenvalue weighted by Gasteiger charge is 2.29. The van der Waals surface area contributed by atoms with Gasteiger partial charge in [0.1, 0.15) is 0 Å². The first kappa shape index (κ1) is 16.2. The van der Waals surface area contributed by atoms with Crippen molar-refractivity contribution in [3.63, 3.8) is 0 Å². The highest BCUT2D eigenvalue weighted by Crippen LogP contribution is 2.18. The van der Waals surface area contributed by atoms with Crippen LogP contribution in [0.15, 0.2) is 36.4 Å². The molecule has 0 saturated carbocycles. The van der Waals surface area contributed by atoms with Crippen LogP contribution in [0.4, 0.5) is 0 Å². The summed E-state index contributed by atoms with van der Waals surface area (Å²) in [6.45, 7) is 4.14. The third-order valence-electron chi connectivity index (χ3n) is 3.94. The summed E-state index contributed by atoms with van der Waals surface area (Å²) in [5, 5.41) is 3.51. The van der Waals surface area contributed by atoms with E-state index in [9.17, 15) is 8.42 Å². The van der Waals surface area contributed by atoms with E-state index in [1.54, 1.807) is 4.31 Å². The quantitative estimate of drug-likeness (QED) is 0.904. The van der Waals surface area contributed by atoms with E-state index in [1.807, 2.05) is 18.2 Å². The van der Waals surface area contributed by atoms with Gasteiger partial charge in [-0.05, 0) is 17.9 Å². The molecule has 0 spiro atoms. The molecule has 5 heteroatoms. The van der Waals surface area contributed by atoms with Crippen LogP contribution in [0.5, 0.6) is 0 Å². The van der Waals surface area contributed by atoms with Crippen molar-refractivity contribution in [2.75, 3.05) is 25.9 Å². The Labute approximate surface area is 127 Å². The number of hydrogen-bond acceptors (Lipinski definition) is 3. The summed E-state index contributed by atoms with van der Waals surface area (Å²) in [6.07, 6.45) is 6.37. The van der Waals surface area contributed by atoms with E-state index >= 15 is 0 Å². The Morgan fingerprint density at radius 3 is 2.67 bits per heavy atom. The minimum Gasteiger partial charge on any atom is -0.310 e. The molecule has 1 aliphatic rings. The minimum absolute atomic E-state index is 0.332. The lowest BCUT2D eigenvalue weighted by atomic mass is 9.95. The van der Waals surface area contributed by atoms with E-state index in [-0.39, 0.29) is 0 Å². The molecule has 1 aromatic carbocycles. The lowest BCUT2D eigenvalue weighted by molar-refractivity contribution is 0.225. The number of piperidine rings is 1. The normalized spacial score (nSPS) is 24.5. The van der Waals surface area contributed by atoms with Crippen LogP contribution in [0.1, 0.15) is 18.9 Å². The van der Waals surface area contributed by atoms with Crippen LogP contribution < -0.4 is 5.32 Å². The second kappa shape index (κ2) is 7.20. The summed E-state index contributed by atoms with van der Waals surface area (Å²) in [5.41, 5.74) is 1.19. The van der Waals surface area contributed by atoms with Gasteiger partial charge in [-0.2, -0.15) is 0 Å². The average molecular weight is 308 g/mol. The summed E-state index contributed by atoms with van der Waals surface area (Å²) in [6, 6.07) is 10.6. The number of sulfonamides is 1. The third kappa shape index (κ3) is 4.95. The molecule has 1 aromatic rings. The second-order valence-corrected chi connectivity index (χ2v) is 7.70. The molecule has 1 saturated heterocycles. The molecule has 0 aliphatic carbocycles. The van der Waals surface area contributed by atoms with Gasteiger partial charge in [0.25, 0.3) is 0 Å². The van der Waals surface area contributed by atoms with E-state index in [1.165, 1.54) is 11.8 Å². The molecule has 1 aliphatic heterocycles. The molecule has 0 bridgehead atoms. The fourth-order valence-corrected chi connectivity index (χ4v) is 3.63. The molecule has 1 fully saturated rings. The molecular weight excluding hydrogens is 284 g/mol. The van der Waals surface area contributed by atoms with E-state index in [2.05, 4.69) is 36.5 Å². The number of nitrogens with zero attached hydrogens (tertiary/aromatic N) is 1. The van der Waals surface area contributed by atoms with Crippen LogP contribution in [0.25, 0.3) is 6.08 Å². The molecular formula is C16H24N2O2S. The lowest BCUT2D eigenvalue weighted by Crippen LogP contribution is -2.49. The van der Waals surface area contributed by atoms with Gasteiger partial charge in [-0.1, -0.05) is 49.4 Å². The van der Waals surface area contributed by atoms with Crippen LogP contribution >= 0.6 is 0 Å². The molecule has 21 heavy (non-hydrogen) atoms. The Balaban J connectivity index is 1.79. The third-order valence-corrected chi connectivity index (χ3v) is 5.21. The zero-order valence-electron chi connectivity index (χ0n) is 12.7. The average Bonchev–Trinajstić information content (AvgIpc) is 2.45. The van der Waals surface area contributed by atoms with Gasteiger partial charge < -0.3 is 5.32 Å². The van der Waals surface area contributed by atoms with E-state index in [4.69, 9.17) is 0 Å². The molecule has 1 N–H and O–H groups in total. The first-order chi connectivity index (χ1) is 9.97. The van der Waals surface area contributed by atoms with E-state index < -0.39 is 10.0 Å². The molecule has 4 nitrogen and oxygen atoms in total. The zero-order valence-corrected chi connectivity index (χ0v) is 13.5. The van der Waals surface area contributed by atoms with Crippen molar-refractivity contribution < 1.29 is 8.42 Å². The van der Waals surface area contributed by atoms with Gasteiger partial charge in [0.2, 0.25) is 10.0 Å². The molecule has 0 amide bonds. The Kier molecular flexibility index (Phi) is 5.56. The molecule has 2 atom stereocenters. The standard InChI is InChI=1S/C16H24N2O2S/c1-14-13-18(21(2,19)20)12-10-16(14)17-11-6-9-15-7-4-3-5-8-15/h3-9,14,16-17H,10-13H2,1-2H3/b9-6-/t14-,16+/m1/s1. The Morgan fingerprint density at radius 1 is 1.33 bits per heavy atom. The van der Waals surface area contributed by atoms with Crippen molar-refractivity contribution in [2.45, 2.75) is 19.4 Å². The molecule has 116 valence electrons. The van der Waals surface area contributed by atoms with Gasteiger partial charge in [-0.25, -0.2) is 12.7 Å². The SMILES string of the molecule is C[C@@H]1CN(S(C)(=O)=O)CC[C@@H]1NC/C=C\c1ccccc1. The van der Waals surface area contributed by atoms with Crippen LogP contribution in [0, 0.1) is 5.92 Å². The van der Waals surface area contributed by atoms with Crippen molar-refractivity contribution in [2.24, 2.45) is 5.92 Å². The summed E-state index contributed by atoms with van der Waals surface area (Å²) in [4.78, 5) is 0. The number of rotatable bonds is 5. The van der Waals surface area contributed by atoms with Crippen molar-refractivity contribution >= 4 is 16.1 Å². The van der Waals surface area contributed by atoms with Crippen molar-refractivity contribution in [1.29, 1.82) is 0 Å². The van der Waals surface area contributed by atoms with Gasteiger partial charge in [0, 0.05) is 25.7 Å². The fraction of sp³-hybridized carbons (Fsp3) is 0.500. The Bertz CT molecular complexity index is 569. The van der Waals surface area contributed by atoms with Gasteiger partial charge >= 0.3 is 0 Å². The zero-order chi connectivity index (χ0) is 15.3. The molecule has 0 radical (unpaired) electrons. The highest BCUT2D eigenvalue weighted by atomic mass is 32.2. The topological polar surface area (TPSA) is 49.4 Å². The lowest BCUT2D eigenvalue weighted by Gasteiger charge is -2.35. The maximum absolute atomic E-state index is 11.6. The maximum atomic E-state index is 11.6. The first-order valence-electron chi connectivity index (χ1n) is 7.37. The molecule has 2 rings (SSSR count). The first-order valence-corrected chi connectivity index (χ1v) is 9.22. The predicted octanol–water partition coefficient (Wildman–Crippen LogP) is 1.96. The Morgan fingerprint density at radius 2 is 2.05 bits per heavy atom. The van der Waals surface area contributed by atoms with Crippen LogP contribution in [-0.4, -0.2) is 44.7 Å². The van der Waals surface area contributed by atoms with Crippen molar-refractivity contribution in [3.05, 3.63) is 42.0 Å². The maximum Gasteiger partial charge on any atom is 0.211 e. The Hall–Kier alpha value is -1.17. The van der Waals surface area contributed by atoms with Crippen LogP contribution in [-0.2, 0) is 10.0 Å². The van der Waals surface area contributed by atoms with Gasteiger partial charge in [0.05, 0.1) is 6.26 Å². The number of benzene rings is 1. The summed E-state index contributed by atoms with van der Waals surface area (Å²) < 4.78 is 24.7. The van der Waals surface area contributed by atoms with Crippen molar-refractivity contribution in [3.8, 4) is 0 Å². The largest absolute Gasteiger partial charge is 0.310 e. The number of hydrogen-bond donors (Lipinski definition) is 1. The van der Waals surface area contributed by atoms with Crippen LogP contribution in [0.3, 0.4) is 0 Å². The molecule has 0 aromatic heterocycles. The van der Waals surface area contributed by atoms with Gasteiger partial charge in [-0.15, -0.1) is 0 Å². The smallest absolute Gasteiger partial charge is 0.211 e. The predicted molar refractivity (Wildman–Crippen MR) is 87.5 cm³/mol. The molecule has 1 heterocycles. The summed E-state index contributed by atoms with van der Waals surface area (Å²) in [7, 11) is -3.05. The monoisotopic (exact) mass is 308 g/mol. The second-order valence-electron chi connectivity index (χ2n) is 5.71. The van der Waals surface area contributed by atoms with Crippen LogP contribution in [0.2, 0.25) is 0 Å². The summed E-state index contributed by atoms with van der Waals surface area (Å²) >= 11 is 0. The van der Waals surface area contributed by atoms with E-state index in [0.29, 0.717) is 25.0 Å². The highest BCUT2D eigenvalue weighted by molar-refractivity contribution is 7.88. The van der Waals surface area contributed by atoms with E-state index in [0.717, 1.165) is 13.0 Å². The number of nitrogens with one attached hydrogen (secondary N) is 1. The minimum atomic E-state index is -3.05. The van der Waals surface area contributed by atoms with Gasteiger partial charge in [0.15, 0.2) is 0 Å². The van der Waals surface area contributed by atoms with Crippen molar-refractivity contribution in [1.82, 2.24) is 9.62 Å². The molecule has 0 unspecified atom stereocenters. The summed E-state index contributed by atoms with van der Waals surface area (Å²) in [5.74, 6) is 0.332. The fourth-order valence-electron chi connectivity index (χ4n) is 2.69. The van der Waals surface area contributed by atoms with Gasteiger partial charge in [-0.3, -0.25) is 0 Å².